The molecule has 5 atom stereocenters. The van der Waals surface area contributed by atoms with Crippen LogP contribution in [0.5, 0.6) is 0 Å². The van der Waals surface area contributed by atoms with E-state index in [9.17, 15) is 4.79 Å². The van der Waals surface area contributed by atoms with Crippen LogP contribution in [0.1, 0.15) is 57.8 Å². The van der Waals surface area contributed by atoms with Gasteiger partial charge in [-0.3, -0.25) is 4.79 Å². The predicted molar refractivity (Wildman–Crippen MR) is 71.9 cm³/mol. The van der Waals surface area contributed by atoms with Crippen LogP contribution in [0, 0.1) is 17.8 Å². The maximum Gasteiger partial charge on any atom is 0.220 e. The third-order valence-corrected chi connectivity index (χ3v) is 5.50. The Morgan fingerprint density at radius 1 is 1.11 bits per heavy atom. The van der Waals surface area contributed by atoms with E-state index in [4.69, 9.17) is 5.73 Å². The molecule has 18 heavy (non-hydrogen) atoms. The second-order valence-electron chi connectivity index (χ2n) is 6.76. The van der Waals surface area contributed by atoms with E-state index in [1.807, 2.05) is 0 Å². The summed E-state index contributed by atoms with van der Waals surface area (Å²) in [5, 5.41) is 3.19. The van der Waals surface area contributed by atoms with Gasteiger partial charge in [-0.25, -0.2) is 0 Å². The van der Waals surface area contributed by atoms with Crippen molar-refractivity contribution in [3.8, 4) is 0 Å². The van der Waals surface area contributed by atoms with E-state index in [1.54, 1.807) is 0 Å². The molecule has 3 nitrogen and oxygen atoms in total. The molecule has 0 radical (unpaired) electrons. The fraction of sp³-hybridized carbons (Fsp3) is 0.933. The number of rotatable bonds is 3. The van der Waals surface area contributed by atoms with E-state index >= 15 is 0 Å². The van der Waals surface area contributed by atoms with Gasteiger partial charge in [0, 0.05) is 18.5 Å². The third kappa shape index (κ3) is 2.56. The molecule has 3 rings (SSSR count). The minimum absolute atomic E-state index is 0.183. The first kappa shape index (κ1) is 12.5. The Morgan fingerprint density at radius 3 is 2.61 bits per heavy atom. The third-order valence-electron chi connectivity index (χ3n) is 5.50. The van der Waals surface area contributed by atoms with E-state index in [-0.39, 0.29) is 18.0 Å². The summed E-state index contributed by atoms with van der Waals surface area (Å²) in [5.41, 5.74) is 6.08. The molecule has 3 aliphatic rings. The monoisotopic (exact) mass is 250 g/mol. The Hall–Kier alpha value is -0.570. The largest absolute Gasteiger partial charge is 0.352 e. The van der Waals surface area contributed by atoms with Gasteiger partial charge in [-0.1, -0.05) is 19.3 Å². The van der Waals surface area contributed by atoms with Gasteiger partial charge in [-0.15, -0.1) is 0 Å². The second-order valence-corrected chi connectivity index (χ2v) is 6.76. The van der Waals surface area contributed by atoms with Crippen molar-refractivity contribution in [1.29, 1.82) is 0 Å². The predicted octanol–water partition coefficient (Wildman–Crippen LogP) is 2.20. The number of fused-ring (bicyclic) bond motifs is 2. The maximum atomic E-state index is 12.1. The molecule has 0 saturated heterocycles. The molecule has 0 spiro atoms. The molecule has 3 heteroatoms. The first-order valence-electron chi connectivity index (χ1n) is 7.77. The van der Waals surface area contributed by atoms with Crippen LogP contribution in [0.25, 0.3) is 0 Å². The Bertz CT molecular complexity index is 312. The van der Waals surface area contributed by atoms with Crippen molar-refractivity contribution in [2.45, 2.75) is 69.9 Å². The molecule has 3 fully saturated rings. The zero-order chi connectivity index (χ0) is 12.5. The number of amides is 1. The van der Waals surface area contributed by atoms with Gasteiger partial charge in [0.1, 0.15) is 0 Å². The van der Waals surface area contributed by atoms with Crippen LogP contribution >= 0.6 is 0 Å². The molecular formula is C15H26N2O. The minimum Gasteiger partial charge on any atom is -0.352 e. The number of carbonyl (C=O) groups excluding carboxylic acids is 1. The van der Waals surface area contributed by atoms with Crippen LogP contribution < -0.4 is 11.1 Å². The first-order chi connectivity index (χ1) is 8.72. The Kier molecular flexibility index (Phi) is 3.60. The van der Waals surface area contributed by atoms with E-state index in [0.29, 0.717) is 5.92 Å². The van der Waals surface area contributed by atoms with Crippen LogP contribution in [0.15, 0.2) is 0 Å². The van der Waals surface area contributed by atoms with Crippen molar-refractivity contribution in [2.24, 2.45) is 23.5 Å². The maximum absolute atomic E-state index is 12.1. The number of hydrogen-bond donors (Lipinski definition) is 2. The van der Waals surface area contributed by atoms with E-state index in [2.05, 4.69) is 5.32 Å². The standard InChI is InChI=1S/C15H26N2O/c16-13-3-1-2-4-14(13)17-15(18)9-12-8-10-5-6-11(12)7-10/h10-14H,1-9,16H2,(H,17,18)/t10?,11?,12?,13-,14-/m1/s1. The summed E-state index contributed by atoms with van der Waals surface area (Å²) in [6.07, 6.45) is 10.8. The van der Waals surface area contributed by atoms with Gasteiger partial charge in [0.25, 0.3) is 0 Å². The van der Waals surface area contributed by atoms with Gasteiger partial charge >= 0.3 is 0 Å². The van der Waals surface area contributed by atoms with Crippen LogP contribution in [0.3, 0.4) is 0 Å². The highest BCUT2D eigenvalue weighted by molar-refractivity contribution is 5.76. The van der Waals surface area contributed by atoms with Gasteiger partial charge < -0.3 is 11.1 Å². The van der Waals surface area contributed by atoms with Crippen LogP contribution in [0.4, 0.5) is 0 Å². The smallest absolute Gasteiger partial charge is 0.220 e. The van der Waals surface area contributed by atoms with Gasteiger partial charge in [0.15, 0.2) is 0 Å². The van der Waals surface area contributed by atoms with Crippen LogP contribution in [-0.4, -0.2) is 18.0 Å². The molecule has 3 N–H and O–H groups in total. The number of nitrogens with two attached hydrogens (primary N) is 1. The lowest BCUT2D eigenvalue weighted by Crippen LogP contribution is -2.49. The second kappa shape index (κ2) is 5.20. The van der Waals surface area contributed by atoms with Gasteiger partial charge in [0.05, 0.1) is 0 Å². The molecule has 3 saturated carbocycles. The molecule has 0 aliphatic heterocycles. The molecule has 0 aromatic heterocycles. The lowest BCUT2D eigenvalue weighted by atomic mass is 9.85. The van der Waals surface area contributed by atoms with Crippen molar-refractivity contribution in [3.63, 3.8) is 0 Å². The zero-order valence-corrected chi connectivity index (χ0v) is 11.2. The lowest BCUT2D eigenvalue weighted by Gasteiger charge is -2.30. The Morgan fingerprint density at radius 2 is 1.94 bits per heavy atom. The highest BCUT2D eigenvalue weighted by atomic mass is 16.1. The lowest BCUT2D eigenvalue weighted by molar-refractivity contribution is -0.123. The molecule has 0 aromatic carbocycles. The average Bonchev–Trinajstić information content (AvgIpc) is 2.94. The molecule has 1 amide bonds. The molecule has 102 valence electrons. The Labute approximate surface area is 110 Å². The highest BCUT2D eigenvalue weighted by Crippen LogP contribution is 2.49. The SMILES string of the molecule is N[C@@H]1CCCC[C@H]1NC(=O)CC1CC2CCC1C2. The summed E-state index contributed by atoms with van der Waals surface area (Å²) >= 11 is 0. The van der Waals surface area contributed by atoms with Crippen LogP contribution in [0.2, 0.25) is 0 Å². The fourth-order valence-corrected chi connectivity index (χ4v) is 4.47. The molecule has 0 aromatic rings. The molecule has 3 unspecified atom stereocenters. The average molecular weight is 250 g/mol. The fourth-order valence-electron chi connectivity index (χ4n) is 4.47. The van der Waals surface area contributed by atoms with Gasteiger partial charge in [-0.05, 0) is 49.9 Å². The summed E-state index contributed by atoms with van der Waals surface area (Å²) < 4.78 is 0. The van der Waals surface area contributed by atoms with Crippen molar-refractivity contribution >= 4 is 5.91 Å². The Balaban J connectivity index is 1.47. The van der Waals surface area contributed by atoms with Crippen molar-refractivity contribution in [2.75, 3.05) is 0 Å². The minimum atomic E-state index is 0.183. The van der Waals surface area contributed by atoms with Gasteiger partial charge in [0.2, 0.25) is 5.91 Å². The topological polar surface area (TPSA) is 55.1 Å². The summed E-state index contributed by atoms with van der Waals surface area (Å²) in [6, 6.07) is 0.424. The summed E-state index contributed by atoms with van der Waals surface area (Å²) in [6.45, 7) is 0. The first-order valence-corrected chi connectivity index (χ1v) is 7.77. The van der Waals surface area contributed by atoms with E-state index in [1.165, 1.54) is 38.5 Å². The number of nitrogens with one attached hydrogen (secondary N) is 1. The van der Waals surface area contributed by atoms with Gasteiger partial charge in [-0.2, -0.15) is 0 Å². The van der Waals surface area contributed by atoms with Crippen LogP contribution in [-0.2, 0) is 4.79 Å². The summed E-state index contributed by atoms with van der Waals surface area (Å²) in [4.78, 5) is 12.1. The molecular weight excluding hydrogens is 224 g/mol. The quantitative estimate of drug-likeness (QED) is 0.807. The van der Waals surface area contributed by atoms with Crippen molar-refractivity contribution in [3.05, 3.63) is 0 Å². The van der Waals surface area contributed by atoms with E-state index in [0.717, 1.165) is 31.1 Å². The van der Waals surface area contributed by atoms with E-state index < -0.39 is 0 Å². The molecule has 3 aliphatic carbocycles. The highest BCUT2D eigenvalue weighted by Gasteiger charge is 2.40. The van der Waals surface area contributed by atoms with Crippen molar-refractivity contribution in [1.82, 2.24) is 5.32 Å². The molecule has 2 bridgehead atoms. The number of hydrogen-bond acceptors (Lipinski definition) is 2. The molecule has 0 heterocycles. The summed E-state index contributed by atoms with van der Waals surface area (Å²) in [5.74, 6) is 2.71. The normalized spacial score (nSPS) is 43.1. The number of carbonyl (C=O) groups is 1. The summed E-state index contributed by atoms with van der Waals surface area (Å²) in [7, 11) is 0. The van der Waals surface area contributed by atoms with Crippen molar-refractivity contribution < 1.29 is 4.79 Å². The zero-order valence-electron chi connectivity index (χ0n) is 11.2.